The van der Waals surface area contributed by atoms with Crippen LogP contribution in [-0.4, -0.2) is 16.3 Å². The van der Waals surface area contributed by atoms with Gasteiger partial charge in [0, 0.05) is 13.2 Å². The zero-order valence-corrected chi connectivity index (χ0v) is 7.01. The molecule has 0 bridgehead atoms. The summed E-state index contributed by atoms with van der Waals surface area (Å²) >= 11 is 0. The van der Waals surface area contributed by atoms with Crippen LogP contribution in [0.1, 0.15) is 11.3 Å². The first-order valence-electron chi connectivity index (χ1n) is 3.56. The third kappa shape index (κ3) is 1.45. The van der Waals surface area contributed by atoms with Crippen LogP contribution in [0.4, 0.5) is 8.78 Å². The van der Waals surface area contributed by atoms with E-state index in [1.54, 1.807) is 20.2 Å². The van der Waals surface area contributed by atoms with Crippen LogP contribution in [0.2, 0.25) is 0 Å². The van der Waals surface area contributed by atoms with Gasteiger partial charge in [-0.15, -0.1) is 0 Å². The van der Waals surface area contributed by atoms with Crippen molar-refractivity contribution in [2.75, 3.05) is 6.54 Å². The Morgan fingerprint density at radius 3 is 2.58 bits per heavy atom. The van der Waals surface area contributed by atoms with E-state index in [4.69, 9.17) is 5.73 Å². The molecule has 0 radical (unpaired) electrons. The fraction of sp³-hybridized carbons (Fsp3) is 0.571. The SMILES string of the molecule is Cc1cn(C)nc1C(F)(F)CN. The predicted molar refractivity (Wildman–Crippen MR) is 40.9 cm³/mol. The maximum atomic E-state index is 13.0. The van der Waals surface area contributed by atoms with Gasteiger partial charge in [0.25, 0.3) is 0 Å². The summed E-state index contributed by atoms with van der Waals surface area (Å²) in [5.74, 6) is -3.01. The minimum atomic E-state index is -3.01. The Morgan fingerprint density at radius 2 is 2.25 bits per heavy atom. The number of hydrogen-bond donors (Lipinski definition) is 1. The minimum absolute atomic E-state index is 0.229. The monoisotopic (exact) mass is 175 g/mol. The topological polar surface area (TPSA) is 43.8 Å². The molecule has 1 rings (SSSR count). The fourth-order valence-corrected chi connectivity index (χ4v) is 1.07. The summed E-state index contributed by atoms with van der Waals surface area (Å²) in [6.45, 7) is 0.886. The Hall–Kier alpha value is -0.970. The molecule has 0 fully saturated rings. The van der Waals surface area contributed by atoms with Crippen LogP contribution < -0.4 is 5.73 Å². The maximum absolute atomic E-state index is 13.0. The van der Waals surface area contributed by atoms with Gasteiger partial charge >= 0.3 is 5.92 Å². The van der Waals surface area contributed by atoms with Crippen molar-refractivity contribution < 1.29 is 8.78 Å². The number of alkyl halides is 2. The lowest BCUT2D eigenvalue weighted by Gasteiger charge is -2.10. The van der Waals surface area contributed by atoms with Gasteiger partial charge in [-0.25, -0.2) is 0 Å². The first-order chi connectivity index (χ1) is 5.47. The highest BCUT2D eigenvalue weighted by atomic mass is 19.3. The molecule has 0 aliphatic rings. The van der Waals surface area contributed by atoms with Gasteiger partial charge in [-0.3, -0.25) is 4.68 Å². The first-order valence-corrected chi connectivity index (χ1v) is 3.56. The van der Waals surface area contributed by atoms with Crippen molar-refractivity contribution in [2.24, 2.45) is 12.8 Å². The Morgan fingerprint density at radius 1 is 1.67 bits per heavy atom. The van der Waals surface area contributed by atoms with Gasteiger partial charge in [-0.05, 0) is 12.5 Å². The second kappa shape index (κ2) is 2.82. The number of aromatic nitrogens is 2. The van der Waals surface area contributed by atoms with E-state index in [1.807, 2.05) is 0 Å². The molecular formula is C7H11F2N3. The van der Waals surface area contributed by atoms with Crippen molar-refractivity contribution >= 4 is 0 Å². The molecule has 0 saturated carbocycles. The Kier molecular flexibility index (Phi) is 2.14. The van der Waals surface area contributed by atoms with Crippen molar-refractivity contribution in [1.29, 1.82) is 0 Å². The van der Waals surface area contributed by atoms with E-state index < -0.39 is 12.5 Å². The van der Waals surface area contributed by atoms with E-state index in [2.05, 4.69) is 5.10 Å². The van der Waals surface area contributed by atoms with Gasteiger partial charge < -0.3 is 5.73 Å². The number of nitrogens with two attached hydrogens (primary N) is 1. The van der Waals surface area contributed by atoms with Crippen molar-refractivity contribution in [3.8, 4) is 0 Å². The van der Waals surface area contributed by atoms with E-state index in [-0.39, 0.29) is 5.69 Å². The summed E-state index contributed by atoms with van der Waals surface area (Å²) < 4.78 is 27.3. The molecule has 0 amide bonds. The molecule has 3 nitrogen and oxygen atoms in total. The number of aryl methyl sites for hydroxylation is 2. The molecule has 5 heteroatoms. The van der Waals surface area contributed by atoms with Crippen molar-refractivity contribution in [3.63, 3.8) is 0 Å². The molecule has 68 valence electrons. The van der Waals surface area contributed by atoms with E-state index >= 15 is 0 Å². The molecule has 0 spiro atoms. The molecular weight excluding hydrogens is 164 g/mol. The average molecular weight is 175 g/mol. The summed E-state index contributed by atoms with van der Waals surface area (Å²) in [4.78, 5) is 0. The molecule has 2 N–H and O–H groups in total. The largest absolute Gasteiger partial charge is 0.325 e. The van der Waals surface area contributed by atoms with Crippen LogP contribution in [0.3, 0.4) is 0 Å². The molecule has 0 aromatic carbocycles. The summed E-state index contributed by atoms with van der Waals surface area (Å²) in [7, 11) is 1.60. The number of hydrogen-bond acceptors (Lipinski definition) is 2. The van der Waals surface area contributed by atoms with Gasteiger partial charge in [-0.1, -0.05) is 0 Å². The van der Waals surface area contributed by atoms with Crippen LogP contribution in [0.5, 0.6) is 0 Å². The standard InChI is InChI=1S/C7H11F2N3/c1-5-3-12(2)11-6(5)7(8,9)4-10/h3H,4,10H2,1-2H3. The van der Waals surface area contributed by atoms with Gasteiger partial charge in [0.15, 0.2) is 0 Å². The van der Waals surface area contributed by atoms with E-state index in [0.29, 0.717) is 5.56 Å². The highest BCUT2D eigenvalue weighted by Crippen LogP contribution is 2.27. The molecule has 0 aliphatic heterocycles. The number of nitrogens with zero attached hydrogens (tertiary/aromatic N) is 2. The van der Waals surface area contributed by atoms with Gasteiger partial charge in [0.2, 0.25) is 0 Å². The third-order valence-corrected chi connectivity index (χ3v) is 1.61. The molecule has 0 atom stereocenters. The maximum Gasteiger partial charge on any atom is 0.303 e. The second-order valence-electron chi connectivity index (χ2n) is 2.74. The predicted octanol–water partition coefficient (Wildman–Crippen LogP) is 0.779. The Bertz CT molecular complexity index is 280. The zero-order valence-electron chi connectivity index (χ0n) is 7.01. The fourth-order valence-electron chi connectivity index (χ4n) is 1.07. The third-order valence-electron chi connectivity index (χ3n) is 1.61. The normalized spacial score (nSPS) is 12.1. The zero-order chi connectivity index (χ0) is 9.35. The molecule has 0 unspecified atom stereocenters. The first kappa shape index (κ1) is 9.12. The Labute approximate surface area is 69.2 Å². The van der Waals surface area contributed by atoms with Crippen LogP contribution in [0.15, 0.2) is 6.20 Å². The van der Waals surface area contributed by atoms with Crippen LogP contribution in [-0.2, 0) is 13.0 Å². The summed E-state index contributed by atoms with van der Waals surface area (Å²) in [6.07, 6.45) is 1.54. The number of rotatable bonds is 2. The van der Waals surface area contributed by atoms with Crippen LogP contribution in [0, 0.1) is 6.92 Å². The van der Waals surface area contributed by atoms with Gasteiger partial charge in [-0.2, -0.15) is 13.9 Å². The lowest BCUT2D eigenvalue weighted by Crippen LogP contribution is -2.26. The van der Waals surface area contributed by atoms with E-state index in [1.165, 1.54) is 4.68 Å². The smallest absolute Gasteiger partial charge is 0.303 e. The van der Waals surface area contributed by atoms with Gasteiger partial charge in [0.05, 0.1) is 6.54 Å². The lowest BCUT2D eigenvalue weighted by molar-refractivity contribution is 0.000264. The van der Waals surface area contributed by atoms with Crippen LogP contribution >= 0.6 is 0 Å². The average Bonchev–Trinajstić information content (AvgIpc) is 2.31. The van der Waals surface area contributed by atoms with Crippen molar-refractivity contribution in [1.82, 2.24) is 9.78 Å². The highest BCUT2D eigenvalue weighted by molar-refractivity contribution is 5.19. The summed E-state index contributed by atoms with van der Waals surface area (Å²) in [5.41, 5.74) is 5.15. The van der Waals surface area contributed by atoms with Crippen LogP contribution in [0.25, 0.3) is 0 Å². The number of halogens is 2. The molecule has 0 saturated heterocycles. The highest BCUT2D eigenvalue weighted by Gasteiger charge is 2.34. The van der Waals surface area contributed by atoms with Crippen molar-refractivity contribution in [2.45, 2.75) is 12.8 Å². The summed E-state index contributed by atoms with van der Waals surface area (Å²) in [6, 6.07) is 0. The minimum Gasteiger partial charge on any atom is -0.325 e. The molecule has 1 aromatic rings. The quantitative estimate of drug-likeness (QED) is 0.721. The lowest BCUT2D eigenvalue weighted by atomic mass is 10.2. The molecule has 0 aliphatic carbocycles. The van der Waals surface area contributed by atoms with E-state index in [9.17, 15) is 8.78 Å². The molecule has 12 heavy (non-hydrogen) atoms. The summed E-state index contributed by atoms with van der Waals surface area (Å²) in [5, 5.41) is 3.64. The molecule has 1 heterocycles. The Balaban J connectivity index is 3.09. The molecule has 1 aromatic heterocycles. The van der Waals surface area contributed by atoms with E-state index in [0.717, 1.165) is 0 Å². The van der Waals surface area contributed by atoms with Gasteiger partial charge in [0.1, 0.15) is 5.69 Å². The second-order valence-corrected chi connectivity index (χ2v) is 2.74. The van der Waals surface area contributed by atoms with Crippen molar-refractivity contribution in [3.05, 3.63) is 17.5 Å².